The van der Waals surface area contributed by atoms with Gasteiger partial charge >= 0.3 is 19.7 Å². The lowest BCUT2D eigenvalue weighted by atomic mass is 10.7. The van der Waals surface area contributed by atoms with E-state index in [4.69, 9.17) is 5.26 Å². The van der Waals surface area contributed by atoms with Crippen LogP contribution in [0.1, 0.15) is 6.92 Å². The lowest BCUT2D eigenvalue weighted by molar-refractivity contribution is -0.156. The van der Waals surface area contributed by atoms with Crippen molar-refractivity contribution < 1.29 is 36.3 Å². The number of carbonyl (C=O) groups is 1. The summed E-state index contributed by atoms with van der Waals surface area (Å²) in [5.74, 6) is -3.03. The normalized spacial score (nSPS) is 16.7. The molecule has 0 amide bonds. The molecule has 0 aromatic carbocycles. The zero-order chi connectivity index (χ0) is 13.7. The molecule has 0 radical (unpaired) electrons. The van der Waals surface area contributed by atoms with Gasteiger partial charge in [0, 0.05) is 14.0 Å². The van der Waals surface area contributed by atoms with Gasteiger partial charge in [0.2, 0.25) is 0 Å². The number of halogens is 3. The molecule has 0 fully saturated rings. The van der Waals surface area contributed by atoms with Crippen molar-refractivity contribution in [3.8, 4) is 6.07 Å². The Hall–Kier alpha value is -1.10. The van der Waals surface area contributed by atoms with E-state index in [9.17, 15) is 22.5 Å². The summed E-state index contributed by atoms with van der Waals surface area (Å²) in [6.07, 6.45) is -4.75. The van der Waals surface area contributed by atoms with E-state index in [1.165, 1.54) is 6.07 Å². The van der Waals surface area contributed by atoms with Crippen LogP contribution in [0, 0.1) is 11.3 Å². The second-order valence-electron chi connectivity index (χ2n) is 2.70. The van der Waals surface area contributed by atoms with Gasteiger partial charge in [-0.3, -0.25) is 13.9 Å². The molecule has 0 saturated carbocycles. The summed E-state index contributed by atoms with van der Waals surface area (Å²) in [6, 6.07) is 1.24. The van der Waals surface area contributed by atoms with Crippen molar-refractivity contribution in [2.45, 2.75) is 18.9 Å². The van der Waals surface area contributed by atoms with Crippen molar-refractivity contribution in [3.05, 3.63) is 0 Å². The summed E-state index contributed by atoms with van der Waals surface area (Å²) in [5, 5.41) is 8.53. The van der Waals surface area contributed by atoms with Crippen molar-refractivity contribution in [2.24, 2.45) is 0 Å². The van der Waals surface area contributed by atoms with Crippen LogP contribution in [0.4, 0.5) is 13.2 Å². The smallest absolute Gasteiger partial charge is 0.412 e. The number of rotatable bonds is 5. The van der Waals surface area contributed by atoms with Crippen LogP contribution >= 0.6 is 7.60 Å². The summed E-state index contributed by atoms with van der Waals surface area (Å²) in [6.45, 7) is -0.980. The highest BCUT2D eigenvalue weighted by Crippen LogP contribution is 2.53. The standard InChI is InChI=1S/C7H9F3NO5P/c1-5(12)16-6(3-11)17(13,14-2)15-4-7(8,9)10/h6H,4H2,1-2H3. The Morgan fingerprint density at radius 3 is 2.35 bits per heavy atom. The highest BCUT2D eigenvalue weighted by molar-refractivity contribution is 7.54. The van der Waals surface area contributed by atoms with E-state index >= 15 is 0 Å². The van der Waals surface area contributed by atoms with Crippen molar-refractivity contribution in [2.75, 3.05) is 13.7 Å². The van der Waals surface area contributed by atoms with Crippen LogP contribution in [0.2, 0.25) is 0 Å². The molecule has 17 heavy (non-hydrogen) atoms. The van der Waals surface area contributed by atoms with Crippen LogP contribution in [0.3, 0.4) is 0 Å². The van der Waals surface area contributed by atoms with Crippen LogP contribution < -0.4 is 0 Å². The topological polar surface area (TPSA) is 85.6 Å². The molecule has 98 valence electrons. The van der Waals surface area contributed by atoms with Gasteiger partial charge in [-0.05, 0) is 0 Å². The molecule has 2 unspecified atom stereocenters. The van der Waals surface area contributed by atoms with Crippen molar-refractivity contribution in [1.29, 1.82) is 5.26 Å². The largest absolute Gasteiger partial charge is 0.434 e. The first-order valence-corrected chi connectivity index (χ1v) is 5.69. The molecule has 0 aromatic rings. The number of nitrogens with zero attached hydrogens (tertiary/aromatic N) is 1. The van der Waals surface area contributed by atoms with Gasteiger partial charge in [-0.15, -0.1) is 0 Å². The van der Waals surface area contributed by atoms with Crippen molar-refractivity contribution >= 4 is 13.6 Å². The Balaban J connectivity index is 4.81. The van der Waals surface area contributed by atoms with Crippen molar-refractivity contribution in [3.63, 3.8) is 0 Å². The fourth-order valence-electron chi connectivity index (χ4n) is 0.698. The monoisotopic (exact) mass is 275 g/mol. The lowest BCUT2D eigenvalue weighted by Gasteiger charge is -2.20. The maximum atomic E-state index is 11.9. The predicted octanol–water partition coefficient (Wildman–Crippen LogP) is 1.82. The zero-order valence-electron chi connectivity index (χ0n) is 8.85. The molecule has 0 aliphatic heterocycles. The average Bonchev–Trinajstić information content (AvgIpc) is 2.21. The lowest BCUT2D eigenvalue weighted by Crippen LogP contribution is -2.22. The summed E-state index contributed by atoms with van der Waals surface area (Å²) in [7, 11) is -3.70. The molecule has 0 aromatic heterocycles. The van der Waals surface area contributed by atoms with Gasteiger partial charge in [0.15, 0.2) is 6.61 Å². The third kappa shape index (κ3) is 5.68. The van der Waals surface area contributed by atoms with Crippen LogP contribution in [0.15, 0.2) is 0 Å². The molecule has 0 bridgehead atoms. The summed E-state index contributed by atoms with van der Waals surface area (Å²) < 4.78 is 59.7. The third-order valence-electron chi connectivity index (χ3n) is 1.34. The van der Waals surface area contributed by atoms with E-state index in [0.29, 0.717) is 0 Å². The Morgan fingerprint density at radius 2 is 2.06 bits per heavy atom. The van der Waals surface area contributed by atoms with Gasteiger partial charge in [-0.25, -0.2) is 0 Å². The molecule has 0 rings (SSSR count). The number of hydrogen-bond donors (Lipinski definition) is 0. The molecule has 0 heterocycles. The highest BCUT2D eigenvalue weighted by Gasteiger charge is 2.42. The SMILES string of the molecule is COP(=O)(OCC(F)(F)F)C(C#N)OC(C)=O. The molecule has 10 heteroatoms. The maximum Gasteiger partial charge on any atom is 0.412 e. The molecule has 0 aliphatic rings. The van der Waals surface area contributed by atoms with Gasteiger partial charge in [-0.2, -0.15) is 18.4 Å². The van der Waals surface area contributed by atoms with E-state index in [0.717, 1.165) is 14.0 Å². The van der Waals surface area contributed by atoms with Gasteiger partial charge in [-0.1, -0.05) is 0 Å². The molecule has 2 atom stereocenters. The Bertz CT molecular complexity index is 364. The fourth-order valence-corrected chi connectivity index (χ4v) is 1.88. The van der Waals surface area contributed by atoms with Crippen LogP contribution in [-0.4, -0.2) is 31.7 Å². The maximum absolute atomic E-state index is 11.9. The number of alkyl halides is 3. The summed E-state index contributed by atoms with van der Waals surface area (Å²) >= 11 is 0. The van der Waals surface area contributed by atoms with Gasteiger partial charge in [0.25, 0.3) is 5.85 Å². The Labute approximate surface area is 94.8 Å². The Kier molecular flexibility index (Phi) is 5.61. The first kappa shape index (κ1) is 15.9. The predicted molar refractivity (Wildman–Crippen MR) is 47.8 cm³/mol. The van der Waals surface area contributed by atoms with Gasteiger partial charge in [0.1, 0.15) is 6.07 Å². The quantitative estimate of drug-likeness (QED) is 0.562. The minimum absolute atomic E-state index is 0.783. The second kappa shape index (κ2) is 6.00. The van der Waals surface area contributed by atoms with E-state index in [1.54, 1.807) is 0 Å². The first-order chi connectivity index (χ1) is 7.64. The minimum atomic E-state index is -4.75. The zero-order valence-corrected chi connectivity index (χ0v) is 9.75. The number of carbonyl (C=O) groups excluding carboxylic acids is 1. The molecule has 0 N–H and O–H groups in total. The molecule has 0 saturated heterocycles. The average molecular weight is 275 g/mol. The second-order valence-corrected chi connectivity index (χ2v) is 4.87. The van der Waals surface area contributed by atoms with E-state index < -0.39 is 32.2 Å². The van der Waals surface area contributed by atoms with Crippen LogP contribution in [0.5, 0.6) is 0 Å². The number of hydrogen-bond acceptors (Lipinski definition) is 6. The van der Waals surface area contributed by atoms with Gasteiger partial charge in [0.05, 0.1) is 0 Å². The number of nitriles is 1. The molecule has 0 spiro atoms. The molecular weight excluding hydrogens is 266 g/mol. The van der Waals surface area contributed by atoms with Crippen LogP contribution in [-0.2, 0) is 23.1 Å². The summed E-state index contributed by atoms with van der Waals surface area (Å²) in [4.78, 5) is 10.5. The molecule has 0 aliphatic carbocycles. The number of esters is 1. The van der Waals surface area contributed by atoms with E-state index in [-0.39, 0.29) is 0 Å². The molecular formula is C7H9F3NO5P. The third-order valence-corrected chi connectivity index (χ3v) is 3.13. The van der Waals surface area contributed by atoms with Gasteiger partial charge < -0.3 is 9.26 Å². The van der Waals surface area contributed by atoms with E-state index in [1.807, 2.05) is 0 Å². The fraction of sp³-hybridized carbons (Fsp3) is 0.714. The Morgan fingerprint density at radius 1 is 1.53 bits per heavy atom. The number of ether oxygens (including phenoxy) is 1. The highest BCUT2D eigenvalue weighted by atomic mass is 31.2. The van der Waals surface area contributed by atoms with Crippen molar-refractivity contribution in [1.82, 2.24) is 0 Å². The summed E-state index contributed by atoms with van der Waals surface area (Å²) in [5.41, 5.74) is 0. The molecule has 6 nitrogen and oxygen atoms in total. The minimum Gasteiger partial charge on any atom is -0.434 e. The first-order valence-electron chi connectivity index (χ1n) is 4.08. The van der Waals surface area contributed by atoms with Crippen LogP contribution in [0.25, 0.3) is 0 Å². The van der Waals surface area contributed by atoms with E-state index in [2.05, 4.69) is 13.8 Å².